The molecular formula is C20H18N4O4. The minimum absolute atomic E-state index is 0.00842. The van der Waals surface area contributed by atoms with Gasteiger partial charge in [-0.3, -0.25) is 24.7 Å². The lowest BCUT2D eigenvalue weighted by atomic mass is 9.75. The molecule has 142 valence electrons. The van der Waals surface area contributed by atoms with Crippen LogP contribution in [-0.4, -0.2) is 21.7 Å². The first-order valence-corrected chi connectivity index (χ1v) is 8.50. The Labute approximate surface area is 161 Å². The summed E-state index contributed by atoms with van der Waals surface area (Å²) in [6, 6.07) is 5.88. The fraction of sp³-hybridized carbons (Fsp3) is 0.150. The monoisotopic (exact) mass is 378 g/mol. The van der Waals surface area contributed by atoms with Crippen molar-refractivity contribution in [2.75, 3.05) is 10.6 Å². The van der Waals surface area contributed by atoms with Gasteiger partial charge in [0.05, 0.1) is 15.9 Å². The molecule has 28 heavy (non-hydrogen) atoms. The number of nitro groups is 1. The Bertz CT molecular complexity index is 975. The Morgan fingerprint density at radius 1 is 1.32 bits per heavy atom. The summed E-state index contributed by atoms with van der Waals surface area (Å²) in [5, 5.41) is 16.9. The number of pyridine rings is 1. The molecular weight excluding hydrogens is 360 g/mol. The van der Waals surface area contributed by atoms with Crippen LogP contribution in [0.3, 0.4) is 0 Å². The van der Waals surface area contributed by atoms with E-state index in [0.717, 1.165) is 0 Å². The van der Waals surface area contributed by atoms with E-state index in [4.69, 9.17) is 0 Å². The molecule has 3 rings (SSSR count). The third-order valence-corrected chi connectivity index (χ3v) is 4.69. The highest BCUT2D eigenvalue weighted by molar-refractivity contribution is 6.10. The number of fused-ring (bicyclic) bond motifs is 1. The van der Waals surface area contributed by atoms with Crippen LogP contribution in [0.25, 0.3) is 0 Å². The van der Waals surface area contributed by atoms with Gasteiger partial charge in [0, 0.05) is 24.1 Å². The number of benzene rings is 1. The molecule has 0 radical (unpaired) electrons. The van der Waals surface area contributed by atoms with Gasteiger partial charge in [-0.2, -0.15) is 0 Å². The normalized spacial score (nSPS) is 13.9. The number of carbonyl (C=O) groups excluding carboxylic acids is 2. The highest BCUT2D eigenvalue weighted by Crippen LogP contribution is 2.47. The summed E-state index contributed by atoms with van der Waals surface area (Å²) in [5.74, 6) is -0.823. The molecule has 0 atom stereocenters. The zero-order valence-corrected chi connectivity index (χ0v) is 15.0. The van der Waals surface area contributed by atoms with Crippen LogP contribution in [0.4, 0.5) is 17.1 Å². The van der Waals surface area contributed by atoms with Crippen molar-refractivity contribution in [3.05, 3.63) is 83.2 Å². The largest absolute Gasteiger partial charge is 0.325 e. The number of hydrogen-bond acceptors (Lipinski definition) is 5. The van der Waals surface area contributed by atoms with Crippen LogP contribution in [0.15, 0.2) is 62.0 Å². The number of nitrogens with one attached hydrogen (secondary N) is 2. The number of anilines is 2. The van der Waals surface area contributed by atoms with E-state index < -0.39 is 16.2 Å². The highest BCUT2D eigenvalue weighted by Gasteiger charge is 2.46. The first-order valence-electron chi connectivity index (χ1n) is 8.50. The lowest BCUT2D eigenvalue weighted by Gasteiger charge is -2.24. The SMILES string of the molecule is C=CCC1(CC=C)C(=O)Nc2cc(NC(=O)c3cccnc3)c([N+](=O)[O-])cc21. The standard InChI is InChI=1S/C20H18N4O4/c1-3-7-20(8-4-2)14-10-17(24(27)28)16(11-15(14)23-19(20)26)22-18(25)13-6-5-9-21-12-13/h3-6,9-12H,1-2,7-8H2,(H,22,25)(H,23,26). The molecule has 0 bridgehead atoms. The Morgan fingerprint density at radius 2 is 2.04 bits per heavy atom. The van der Waals surface area contributed by atoms with Crippen LogP contribution in [0.5, 0.6) is 0 Å². The first kappa shape index (κ1) is 19.0. The van der Waals surface area contributed by atoms with Gasteiger partial charge >= 0.3 is 0 Å². The number of nitrogens with zero attached hydrogens (tertiary/aromatic N) is 2. The molecule has 0 fully saturated rings. The molecule has 1 aromatic carbocycles. The van der Waals surface area contributed by atoms with Gasteiger partial charge in [0.2, 0.25) is 5.91 Å². The van der Waals surface area contributed by atoms with Crippen LogP contribution < -0.4 is 10.6 Å². The molecule has 8 heteroatoms. The second kappa shape index (κ2) is 7.43. The quantitative estimate of drug-likeness (QED) is 0.434. The van der Waals surface area contributed by atoms with Crippen molar-refractivity contribution in [2.45, 2.75) is 18.3 Å². The summed E-state index contributed by atoms with van der Waals surface area (Å²) < 4.78 is 0. The highest BCUT2D eigenvalue weighted by atomic mass is 16.6. The number of aromatic nitrogens is 1. The number of carbonyl (C=O) groups is 2. The van der Waals surface area contributed by atoms with E-state index in [9.17, 15) is 19.7 Å². The zero-order chi connectivity index (χ0) is 20.3. The van der Waals surface area contributed by atoms with Gasteiger partial charge in [0.1, 0.15) is 5.69 Å². The predicted molar refractivity (Wildman–Crippen MR) is 105 cm³/mol. The van der Waals surface area contributed by atoms with Crippen molar-refractivity contribution in [1.82, 2.24) is 4.98 Å². The van der Waals surface area contributed by atoms with Gasteiger partial charge in [-0.05, 0) is 36.6 Å². The molecule has 1 aliphatic rings. The maximum absolute atomic E-state index is 12.7. The number of amides is 2. The third-order valence-electron chi connectivity index (χ3n) is 4.69. The lowest BCUT2D eigenvalue weighted by molar-refractivity contribution is -0.384. The molecule has 2 N–H and O–H groups in total. The Hall–Kier alpha value is -3.81. The van der Waals surface area contributed by atoms with Crippen LogP contribution in [0, 0.1) is 10.1 Å². The van der Waals surface area contributed by atoms with Crippen LogP contribution >= 0.6 is 0 Å². The van der Waals surface area contributed by atoms with Gasteiger partial charge in [-0.25, -0.2) is 0 Å². The average molecular weight is 378 g/mol. The molecule has 0 unspecified atom stereocenters. The minimum Gasteiger partial charge on any atom is -0.325 e. The van der Waals surface area contributed by atoms with E-state index in [-0.39, 0.29) is 22.8 Å². The topological polar surface area (TPSA) is 114 Å². The Balaban J connectivity index is 2.08. The number of hydrogen-bond donors (Lipinski definition) is 2. The summed E-state index contributed by atoms with van der Waals surface area (Å²) >= 11 is 0. The van der Waals surface area contributed by atoms with Crippen LogP contribution in [0.1, 0.15) is 28.8 Å². The smallest absolute Gasteiger partial charge is 0.293 e. The second-order valence-corrected chi connectivity index (χ2v) is 6.39. The number of nitro benzene ring substituents is 1. The molecule has 0 saturated carbocycles. The van der Waals surface area contributed by atoms with Gasteiger partial charge in [0.25, 0.3) is 11.6 Å². The van der Waals surface area contributed by atoms with Crippen molar-refractivity contribution in [3.8, 4) is 0 Å². The van der Waals surface area contributed by atoms with Gasteiger partial charge < -0.3 is 10.6 Å². The lowest BCUT2D eigenvalue weighted by Crippen LogP contribution is -2.33. The van der Waals surface area contributed by atoms with E-state index in [2.05, 4.69) is 28.8 Å². The minimum atomic E-state index is -1.00. The summed E-state index contributed by atoms with van der Waals surface area (Å²) in [5.41, 5.74) is -0.149. The third kappa shape index (κ3) is 3.16. The number of rotatable bonds is 7. The maximum atomic E-state index is 12.7. The Morgan fingerprint density at radius 3 is 2.61 bits per heavy atom. The van der Waals surface area contributed by atoms with Crippen molar-refractivity contribution < 1.29 is 14.5 Å². The van der Waals surface area contributed by atoms with Crippen molar-refractivity contribution >= 4 is 28.9 Å². The maximum Gasteiger partial charge on any atom is 0.293 e. The van der Waals surface area contributed by atoms with E-state index in [1.807, 2.05) is 0 Å². The molecule has 2 amide bonds. The van der Waals surface area contributed by atoms with Crippen molar-refractivity contribution in [1.29, 1.82) is 0 Å². The zero-order valence-electron chi connectivity index (χ0n) is 15.0. The summed E-state index contributed by atoms with van der Waals surface area (Å²) in [7, 11) is 0. The summed E-state index contributed by atoms with van der Waals surface area (Å²) in [6.07, 6.45) is 6.68. The van der Waals surface area contributed by atoms with Crippen LogP contribution in [-0.2, 0) is 10.2 Å². The van der Waals surface area contributed by atoms with Crippen molar-refractivity contribution in [3.63, 3.8) is 0 Å². The average Bonchev–Trinajstić information content (AvgIpc) is 2.93. The molecule has 2 aromatic rings. The van der Waals surface area contributed by atoms with Crippen molar-refractivity contribution in [2.24, 2.45) is 0 Å². The Kier molecular flexibility index (Phi) is 5.04. The number of allylic oxidation sites excluding steroid dienone is 2. The summed E-state index contributed by atoms with van der Waals surface area (Å²) in [6.45, 7) is 7.39. The summed E-state index contributed by atoms with van der Waals surface area (Å²) in [4.78, 5) is 40.0. The molecule has 2 heterocycles. The van der Waals surface area contributed by atoms with Crippen LogP contribution in [0.2, 0.25) is 0 Å². The molecule has 0 spiro atoms. The molecule has 0 saturated heterocycles. The van der Waals surface area contributed by atoms with E-state index >= 15 is 0 Å². The van der Waals surface area contributed by atoms with Gasteiger partial charge in [0.15, 0.2) is 0 Å². The fourth-order valence-corrected chi connectivity index (χ4v) is 3.38. The van der Waals surface area contributed by atoms with Gasteiger partial charge in [-0.1, -0.05) is 12.2 Å². The molecule has 1 aliphatic heterocycles. The molecule has 8 nitrogen and oxygen atoms in total. The second-order valence-electron chi connectivity index (χ2n) is 6.39. The predicted octanol–water partition coefficient (Wildman–Crippen LogP) is 3.58. The van der Waals surface area contributed by atoms with Gasteiger partial charge in [-0.15, -0.1) is 13.2 Å². The van der Waals surface area contributed by atoms with E-state index in [0.29, 0.717) is 24.1 Å². The van der Waals surface area contributed by atoms with E-state index in [1.54, 1.807) is 24.3 Å². The molecule has 0 aliphatic carbocycles. The fourth-order valence-electron chi connectivity index (χ4n) is 3.38. The molecule has 1 aromatic heterocycles. The van der Waals surface area contributed by atoms with E-state index in [1.165, 1.54) is 24.5 Å². The first-order chi connectivity index (χ1) is 13.4.